The van der Waals surface area contributed by atoms with Crippen molar-refractivity contribution in [2.24, 2.45) is 0 Å². The van der Waals surface area contributed by atoms with Crippen molar-refractivity contribution in [1.29, 1.82) is 0 Å². The van der Waals surface area contributed by atoms with E-state index in [1.807, 2.05) is 0 Å². The molecule has 0 aliphatic rings. The van der Waals surface area contributed by atoms with E-state index >= 15 is 0 Å². The van der Waals surface area contributed by atoms with Crippen LogP contribution in [0, 0.1) is 0 Å². The van der Waals surface area contributed by atoms with Gasteiger partial charge in [0.15, 0.2) is 0 Å². The Hall–Kier alpha value is -0.860. The second kappa shape index (κ2) is 8.35. The van der Waals surface area contributed by atoms with E-state index in [4.69, 9.17) is 0 Å². The lowest BCUT2D eigenvalue weighted by atomic mass is 9.98. The fourth-order valence-electron chi connectivity index (χ4n) is 0.858. The van der Waals surface area contributed by atoms with Crippen molar-refractivity contribution in [3.63, 3.8) is 0 Å². The highest BCUT2D eigenvalue weighted by atomic mass is 127. The molecule has 0 heterocycles. The number of rotatable bonds is 4. The molecule has 0 fully saturated rings. The van der Waals surface area contributed by atoms with Gasteiger partial charge >= 0.3 is 46.1 Å². The molecule has 0 N–H and O–H groups in total. The van der Waals surface area contributed by atoms with Gasteiger partial charge in [-0.15, -0.1) is 0 Å². The first-order valence-electron chi connectivity index (χ1n) is 5.53. The van der Waals surface area contributed by atoms with Crippen LogP contribution in [0.2, 0.25) is 0 Å². The molecular weight excluding hydrogens is 596 g/mol. The summed E-state index contributed by atoms with van der Waals surface area (Å²) in [6.45, 7) is 0. The largest absolute Gasteiger partial charge is 0.460 e. The highest BCUT2D eigenvalue weighted by Crippen LogP contribution is 2.61. The molecule has 0 aliphatic carbocycles. The van der Waals surface area contributed by atoms with Gasteiger partial charge in [0, 0.05) is 22.6 Å². The lowest BCUT2D eigenvalue weighted by molar-refractivity contribution is -0.431. The standard InChI is InChI=1S/C6F13I.C3F6/c7-1(8,3(11,12)5(15,16)17)2(9,10)4(13,14)6(18,19)20;4-1(2(5)6)3(7,8)9. The molecule has 20 heteroatoms. The van der Waals surface area contributed by atoms with Crippen LogP contribution >= 0.6 is 22.6 Å². The summed E-state index contributed by atoms with van der Waals surface area (Å²) in [5.41, 5.74) is 0. The van der Waals surface area contributed by atoms with Gasteiger partial charge in [-0.25, -0.2) is 0 Å². The molecule has 0 nitrogen and oxygen atoms in total. The van der Waals surface area contributed by atoms with E-state index in [0.717, 1.165) is 0 Å². The number of hydrogen-bond donors (Lipinski definition) is 0. The molecule has 0 bridgehead atoms. The van der Waals surface area contributed by atoms with Gasteiger partial charge in [0.1, 0.15) is 0 Å². The maximum absolute atomic E-state index is 12.5. The van der Waals surface area contributed by atoms with Crippen LogP contribution in [0.3, 0.4) is 0 Å². The third-order valence-corrected chi connectivity index (χ3v) is 2.99. The molecule has 0 aromatic heterocycles. The Morgan fingerprint density at radius 3 is 0.862 bits per heavy atom. The quantitative estimate of drug-likeness (QED) is 0.177. The first-order chi connectivity index (χ1) is 12.1. The molecule has 0 radical (unpaired) electrons. The molecule has 0 spiro atoms. The first-order valence-corrected chi connectivity index (χ1v) is 6.61. The maximum Gasteiger partial charge on any atom is 0.460 e. The number of alkyl halides is 17. The average molecular weight is 596 g/mol. The van der Waals surface area contributed by atoms with Crippen molar-refractivity contribution in [2.75, 3.05) is 0 Å². The summed E-state index contributed by atoms with van der Waals surface area (Å²) < 4.78 is 217. The number of halogens is 20. The van der Waals surface area contributed by atoms with Gasteiger partial charge in [0.25, 0.3) is 5.83 Å². The van der Waals surface area contributed by atoms with E-state index in [1.54, 1.807) is 0 Å². The summed E-state index contributed by atoms with van der Waals surface area (Å²) in [6, 6.07) is 0. The Kier molecular flexibility index (Phi) is 8.73. The summed E-state index contributed by atoms with van der Waals surface area (Å²) in [5, 5.41) is 0. The highest BCUT2D eigenvalue weighted by Gasteiger charge is 2.90. The van der Waals surface area contributed by atoms with Crippen LogP contribution in [0.1, 0.15) is 0 Å². The zero-order valence-electron chi connectivity index (χ0n) is 12.1. The molecule has 29 heavy (non-hydrogen) atoms. The van der Waals surface area contributed by atoms with Crippen LogP contribution in [0.25, 0.3) is 0 Å². The summed E-state index contributed by atoms with van der Waals surface area (Å²) in [5.74, 6) is -33.6. The minimum absolute atomic E-state index is 0.789. The summed E-state index contributed by atoms with van der Waals surface area (Å²) in [7, 11) is 0. The van der Waals surface area contributed by atoms with E-state index < -0.39 is 74.5 Å². The van der Waals surface area contributed by atoms with Crippen molar-refractivity contribution < 1.29 is 83.4 Å². The number of hydrogen-bond acceptors (Lipinski definition) is 0. The molecule has 0 saturated heterocycles. The van der Waals surface area contributed by atoms with Crippen molar-refractivity contribution in [3.8, 4) is 0 Å². The maximum atomic E-state index is 12.5. The van der Waals surface area contributed by atoms with Crippen LogP contribution in [-0.2, 0) is 0 Å². The lowest BCUT2D eigenvalue weighted by Gasteiger charge is -2.38. The summed E-state index contributed by atoms with van der Waals surface area (Å²) in [6.07, 6.45) is -16.3. The Balaban J connectivity index is 0. The van der Waals surface area contributed by atoms with E-state index in [2.05, 4.69) is 0 Å². The minimum atomic E-state index is -7.81. The van der Waals surface area contributed by atoms with E-state index in [-0.39, 0.29) is 0 Å². The average Bonchev–Trinajstić information content (AvgIpc) is 2.42. The van der Waals surface area contributed by atoms with E-state index in [1.165, 1.54) is 0 Å². The zero-order valence-corrected chi connectivity index (χ0v) is 14.2. The fraction of sp³-hybridized carbons (Fsp3) is 0.778. The van der Waals surface area contributed by atoms with Crippen molar-refractivity contribution in [3.05, 3.63) is 11.9 Å². The Morgan fingerprint density at radius 2 is 0.724 bits per heavy atom. The Morgan fingerprint density at radius 1 is 0.448 bits per heavy atom. The predicted octanol–water partition coefficient (Wildman–Crippen LogP) is 7.74. The van der Waals surface area contributed by atoms with Gasteiger partial charge in [-0.1, -0.05) is 0 Å². The molecule has 0 atom stereocenters. The van der Waals surface area contributed by atoms with Crippen molar-refractivity contribution in [2.45, 2.75) is 40.0 Å². The van der Waals surface area contributed by atoms with Gasteiger partial charge in [-0.05, 0) is 0 Å². The SMILES string of the molecule is FC(F)(F)C(F)(F)C(F)(F)C(F)(F)C(F)(F)C(F)(F)I.FC(F)=C(F)C(F)(F)F. The zero-order chi connectivity index (χ0) is 24.7. The monoisotopic (exact) mass is 596 g/mol. The van der Waals surface area contributed by atoms with Gasteiger partial charge in [0.2, 0.25) is 0 Å². The number of allylic oxidation sites excluding steroid dienone is 1. The van der Waals surface area contributed by atoms with E-state index in [9.17, 15) is 83.4 Å². The predicted molar refractivity (Wildman–Crippen MR) is 61.2 cm³/mol. The lowest BCUT2D eigenvalue weighted by Crippen LogP contribution is -2.69. The normalized spacial score (nSPS) is 14.9. The van der Waals surface area contributed by atoms with Crippen molar-refractivity contribution in [1.82, 2.24) is 0 Å². The summed E-state index contributed by atoms with van der Waals surface area (Å²) >= 11 is -0.789. The van der Waals surface area contributed by atoms with Gasteiger partial charge in [0.05, 0.1) is 0 Å². The molecule has 0 rings (SSSR count). The Labute approximate surface area is 158 Å². The van der Waals surface area contributed by atoms with E-state index in [0.29, 0.717) is 0 Å². The molecule has 0 saturated carbocycles. The second-order valence-corrected chi connectivity index (χ2v) is 5.72. The fourth-order valence-corrected chi connectivity index (χ4v) is 1.20. The van der Waals surface area contributed by atoms with Gasteiger partial charge in [-0.3, -0.25) is 0 Å². The van der Waals surface area contributed by atoms with Crippen LogP contribution in [0.5, 0.6) is 0 Å². The summed E-state index contributed by atoms with van der Waals surface area (Å²) in [4.78, 5) is 0. The van der Waals surface area contributed by atoms with Crippen LogP contribution < -0.4 is 0 Å². The topological polar surface area (TPSA) is 0 Å². The third kappa shape index (κ3) is 5.85. The first kappa shape index (κ1) is 30.3. The molecule has 0 aromatic carbocycles. The Bertz CT molecular complexity index is 546. The second-order valence-electron chi connectivity index (χ2n) is 4.37. The van der Waals surface area contributed by atoms with Gasteiger partial charge < -0.3 is 0 Å². The van der Waals surface area contributed by atoms with Crippen LogP contribution in [-0.4, -0.2) is 40.0 Å². The highest BCUT2D eigenvalue weighted by molar-refractivity contribution is 14.1. The van der Waals surface area contributed by atoms with Crippen molar-refractivity contribution >= 4 is 22.6 Å². The third-order valence-electron chi connectivity index (χ3n) is 2.31. The molecule has 176 valence electrons. The smallest absolute Gasteiger partial charge is 0.196 e. The molecule has 0 unspecified atom stereocenters. The van der Waals surface area contributed by atoms with Crippen LogP contribution in [0.15, 0.2) is 11.9 Å². The minimum Gasteiger partial charge on any atom is -0.196 e. The molecule has 0 aromatic rings. The van der Waals surface area contributed by atoms with Crippen LogP contribution in [0.4, 0.5) is 83.4 Å². The molecular formula is C9F19I. The molecule has 0 amide bonds. The molecule has 0 aliphatic heterocycles. The van der Waals surface area contributed by atoms with Gasteiger partial charge in [-0.2, -0.15) is 83.4 Å².